The number of alkyl halides is 6. The van der Waals surface area contributed by atoms with Crippen LogP contribution in [-0.2, 0) is 0 Å². The van der Waals surface area contributed by atoms with Crippen molar-refractivity contribution in [2.45, 2.75) is 10.2 Å². The quantitative estimate of drug-likeness (QED) is 0.331. The van der Waals surface area contributed by atoms with Crippen LogP contribution in [0, 0.1) is 0 Å². The highest BCUT2D eigenvalue weighted by molar-refractivity contribution is 8.01. The Bertz CT molecular complexity index is 94.8. The van der Waals surface area contributed by atoms with Gasteiger partial charge in [-0.3, -0.25) is 0 Å². The fourth-order valence-corrected chi connectivity index (χ4v) is 0.579. The molecular formula is C2HCl2F4NS. The first-order chi connectivity index (χ1) is 4.21. The van der Waals surface area contributed by atoms with E-state index in [0.717, 1.165) is 4.72 Å². The van der Waals surface area contributed by atoms with Crippen LogP contribution in [0.1, 0.15) is 0 Å². The van der Waals surface area contributed by atoms with Crippen molar-refractivity contribution >= 4 is 35.1 Å². The van der Waals surface area contributed by atoms with Crippen molar-refractivity contribution < 1.29 is 17.6 Å². The fourth-order valence-electron chi connectivity index (χ4n) is 0.116. The molecule has 0 aliphatic heterocycles. The maximum atomic E-state index is 11.9. The monoisotopic (exact) mass is 217 g/mol. The summed E-state index contributed by atoms with van der Waals surface area (Å²) in [6, 6.07) is 0. The van der Waals surface area contributed by atoms with E-state index >= 15 is 0 Å². The molecule has 0 fully saturated rings. The standard InChI is InChI=1S/C2HCl2F4NS/c3-1(4,5)10-9-2(6,7)8/h9H. The van der Waals surface area contributed by atoms with Gasteiger partial charge in [-0.1, -0.05) is 23.2 Å². The number of rotatable bonds is 2. The van der Waals surface area contributed by atoms with E-state index in [1.54, 1.807) is 0 Å². The zero-order valence-corrected chi connectivity index (χ0v) is 6.50. The van der Waals surface area contributed by atoms with Gasteiger partial charge >= 0.3 is 10.2 Å². The molecule has 0 spiro atoms. The van der Waals surface area contributed by atoms with E-state index in [2.05, 4.69) is 23.2 Å². The highest BCUT2D eigenvalue weighted by atomic mass is 35.5. The van der Waals surface area contributed by atoms with Crippen LogP contribution in [0.15, 0.2) is 0 Å². The Morgan fingerprint density at radius 3 is 1.60 bits per heavy atom. The molecule has 0 saturated carbocycles. The second-order valence-corrected chi connectivity index (χ2v) is 3.80. The van der Waals surface area contributed by atoms with Gasteiger partial charge in [-0.2, -0.15) is 22.3 Å². The molecule has 0 aliphatic rings. The lowest BCUT2D eigenvalue weighted by Gasteiger charge is -2.10. The molecule has 8 heteroatoms. The summed E-state index contributed by atoms with van der Waals surface area (Å²) in [6.07, 6.45) is -4.69. The fraction of sp³-hybridized carbons (Fsp3) is 1.00. The molecule has 0 unspecified atom stereocenters. The molecule has 0 amide bonds. The number of hydrogen-bond donors (Lipinski definition) is 1. The lowest BCUT2D eigenvalue weighted by molar-refractivity contribution is -0.136. The van der Waals surface area contributed by atoms with Crippen molar-refractivity contribution in [1.82, 2.24) is 4.72 Å². The third-order valence-electron chi connectivity index (χ3n) is 0.282. The second kappa shape index (κ2) is 3.34. The van der Waals surface area contributed by atoms with Crippen LogP contribution in [0.3, 0.4) is 0 Å². The molecule has 0 atom stereocenters. The highest BCUT2D eigenvalue weighted by Gasteiger charge is 2.33. The van der Waals surface area contributed by atoms with Crippen molar-refractivity contribution in [2.24, 2.45) is 0 Å². The van der Waals surface area contributed by atoms with E-state index in [0.29, 0.717) is 0 Å². The van der Waals surface area contributed by atoms with Gasteiger partial charge in [0.05, 0.1) is 0 Å². The first kappa shape index (κ1) is 10.6. The molecule has 0 aromatic heterocycles. The van der Waals surface area contributed by atoms with Crippen molar-refractivity contribution in [3.05, 3.63) is 0 Å². The summed E-state index contributed by atoms with van der Waals surface area (Å²) in [4.78, 5) is 0. The van der Waals surface area contributed by atoms with Gasteiger partial charge in [0, 0.05) is 11.9 Å². The summed E-state index contributed by atoms with van der Waals surface area (Å²) in [7, 11) is 0. The van der Waals surface area contributed by atoms with Gasteiger partial charge < -0.3 is 0 Å². The minimum absolute atomic E-state index is 0.470. The summed E-state index contributed by atoms with van der Waals surface area (Å²) in [5.41, 5.74) is 0. The predicted octanol–water partition coefficient (Wildman–Crippen LogP) is 2.80. The van der Waals surface area contributed by atoms with E-state index in [4.69, 9.17) is 0 Å². The molecule has 0 aromatic carbocycles. The van der Waals surface area contributed by atoms with Crippen molar-refractivity contribution in [3.63, 3.8) is 0 Å². The van der Waals surface area contributed by atoms with Crippen LogP contribution in [0.4, 0.5) is 17.6 Å². The van der Waals surface area contributed by atoms with Gasteiger partial charge in [0.2, 0.25) is 0 Å². The number of nitrogens with one attached hydrogen (secondary N) is 1. The van der Waals surface area contributed by atoms with E-state index in [9.17, 15) is 17.6 Å². The van der Waals surface area contributed by atoms with E-state index in [1.807, 2.05) is 0 Å². The van der Waals surface area contributed by atoms with Gasteiger partial charge in [0.25, 0.3) is 0 Å². The Kier molecular flexibility index (Phi) is 3.54. The summed E-state index contributed by atoms with van der Waals surface area (Å²) < 4.78 is 43.1. The molecule has 0 radical (unpaired) electrons. The molecule has 0 heterocycles. The summed E-state index contributed by atoms with van der Waals surface area (Å²) in [5, 5.41) is 0. The maximum absolute atomic E-state index is 11.9. The van der Waals surface area contributed by atoms with Gasteiger partial charge in [0.1, 0.15) is 0 Å². The van der Waals surface area contributed by atoms with Crippen LogP contribution in [-0.4, -0.2) is 10.2 Å². The first-order valence-corrected chi connectivity index (χ1v) is 3.36. The van der Waals surface area contributed by atoms with Gasteiger partial charge in [-0.05, 0) is 0 Å². The molecule has 0 aromatic rings. The first-order valence-electron chi connectivity index (χ1n) is 1.79. The number of hydrogen-bond acceptors (Lipinski definition) is 2. The Hall–Kier alpha value is 0.610. The largest absolute Gasteiger partial charge is 0.466 e. The normalized spacial score (nSPS) is 13.8. The van der Waals surface area contributed by atoms with Gasteiger partial charge in [-0.15, -0.1) is 0 Å². The molecule has 0 bridgehead atoms. The van der Waals surface area contributed by atoms with Crippen molar-refractivity contribution in [1.29, 1.82) is 0 Å². The van der Waals surface area contributed by atoms with Crippen LogP contribution >= 0.6 is 35.1 Å². The minimum atomic E-state index is -4.69. The van der Waals surface area contributed by atoms with Crippen molar-refractivity contribution in [3.8, 4) is 0 Å². The smallest absolute Gasteiger partial charge is 0.194 e. The predicted molar refractivity (Wildman–Crippen MR) is 32.3 cm³/mol. The molecule has 10 heavy (non-hydrogen) atoms. The Balaban J connectivity index is 3.56. The zero-order chi connectivity index (χ0) is 8.41. The molecule has 0 saturated heterocycles. The summed E-state index contributed by atoms with van der Waals surface area (Å²) in [6.45, 7) is 0. The molecular weight excluding hydrogens is 217 g/mol. The van der Waals surface area contributed by atoms with Crippen molar-refractivity contribution in [2.75, 3.05) is 0 Å². The van der Waals surface area contributed by atoms with Crippen LogP contribution in [0.5, 0.6) is 0 Å². The van der Waals surface area contributed by atoms with E-state index in [1.165, 1.54) is 0 Å². The van der Waals surface area contributed by atoms with Gasteiger partial charge in [-0.25, -0.2) is 0 Å². The average Bonchev–Trinajstić information content (AvgIpc) is 1.57. The third kappa shape index (κ3) is 8.61. The zero-order valence-electron chi connectivity index (χ0n) is 4.18. The highest BCUT2D eigenvalue weighted by Crippen LogP contribution is 2.35. The Morgan fingerprint density at radius 1 is 1.10 bits per heavy atom. The maximum Gasteiger partial charge on any atom is 0.466 e. The summed E-state index contributed by atoms with van der Waals surface area (Å²) in [5.74, 6) is 0. The lowest BCUT2D eigenvalue weighted by atomic mass is 11.3. The topological polar surface area (TPSA) is 12.0 Å². The molecule has 0 rings (SSSR count). The molecule has 62 valence electrons. The Labute approximate surface area is 68.2 Å². The second-order valence-electron chi connectivity index (χ2n) is 1.15. The lowest BCUT2D eigenvalue weighted by Crippen LogP contribution is -2.27. The summed E-state index contributed by atoms with van der Waals surface area (Å²) >= 11 is 8.61. The third-order valence-corrected chi connectivity index (χ3v) is 1.31. The average molecular weight is 218 g/mol. The minimum Gasteiger partial charge on any atom is -0.194 e. The van der Waals surface area contributed by atoms with Crippen LogP contribution in [0.25, 0.3) is 0 Å². The van der Waals surface area contributed by atoms with Gasteiger partial charge in [0.15, 0.2) is 0 Å². The van der Waals surface area contributed by atoms with E-state index in [-0.39, 0.29) is 0 Å². The van der Waals surface area contributed by atoms with E-state index < -0.39 is 22.2 Å². The molecule has 1 N–H and O–H groups in total. The number of halogens is 6. The SMILES string of the molecule is FC(F)(F)NSC(F)(Cl)Cl. The van der Waals surface area contributed by atoms with Crippen LogP contribution < -0.4 is 4.72 Å². The molecule has 1 nitrogen and oxygen atoms in total. The Morgan fingerprint density at radius 2 is 1.50 bits per heavy atom. The van der Waals surface area contributed by atoms with Crippen LogP contribution in [0.2, 0.25) is 0 Å². The molecule has 0 aliphatic carbocycles.